The normalized spacial score (nSPS) is 13.9. The maximum Gasteiger partial charge on any atom is 0.142 e. The highest BCUT2D eigenvalue weighted by molar-refractivity contribution is 6.09. The number of allylic oxidation sites excluding steroid dienone is 3. The molecular weight excluding hydrogens is 425 g/mol. The minimum Gasteiger partial charge on any atom is -0.383 e. The molecule has 0 atom stereocenters. The van der Waals surface area contributed by atoms with Crippen LogP contribution >= 0.6 is 0 Å². The molecule has 1 aliphatic rings. The van der Waals surface area contributed by atoms with Crippen LogP contribution in [0.1, 0.15) is 40.4 Å². The van der Waals surface area contributed by atoms with E-state index in [1.165, 1.54) is 6.07 Å². The lowest BCUT2D eigenvalue weighted by Crippen LogP contribution is -2.03. The number of nitrogen functional groups attached to an aromatic ring is 1. The van der Waals surface area contributed by atoms with E-state index in [2.05, 4.69) is 27.8 Å². The van der Waals surface area contributed by atoms with Gasteiger partial charge in [-0.1, -0.05) is 18.2 Å². The van der Waals surface area contributed by atoms with Gasteiger partial charge in [0.1, 0.15) is 23.8 Å². The zero-order chi connectivity index (χ0) is 24.0. The van der Waals surface area contributed by atoms with Crippen molar-refractivity contribution >= 4 is 33.9 Å². The number of hydrogen-bond donors (Lipinski definition) is 1. The second kappa shape index (κ2) is 8.03. The van der Waals surface area contributed by atoms with Gasteiger partial charge in [-0.15, -0.1) is 0 Å². The van der Waals surface area contributed by atoms with Crippen molar-refractivity contribution in [3.8, 4) is 12.1 Å². The number of aromatic nitrogens is 2. The molecule has 1 aliphatic carbocycles. The Morgan fingerprint density at radius 1 is 1.09 bits per heavy atom. The molecule has 2 aromatic carbocycles. The summed E-state index contributed by atoms with van der Waals surface area (Å²) in [6.45, 7) is 4.31. The van der Waals surface area contributed by atoms with Crippen LogP contribution in [0.2, 0.25) is 0 Å². The fourth-order valence-corrected chi connectivity index (χ4v) is 4.64. The molecule has 5 rings (SSSR count). The maximum absolute atomic E-state index is 13.6. The number of fused-ring (bicyclic) bond motifs is 2. The van der Waals surface area contributed by atoms with Gasteiger partial charge in [-0.2, -0.15) is 10.5 Å². The van der Waals surface area contributed by atoms with Gasteiger partial charge >= 0.3 is 0 Å². The molecule has 0 amide bonds. The van der Waals surface area contributed by atoms with E-state index in [1.807, 2.05) is 50.4 Å². The predicted octanol–water partition coefficient (Wildman–Crippen LogP) is 5.84. The Morgan fingerprint density at radius 2 is 1.91 bits per heavy atom. The highest BCUT2D eigenvalue weighted by Gasteiger charge is 2.29. The summed E-state index contributed by atoms with van der Waals surface area (Å²) in [6.07, 6.45) is 4.01. The standard InChI is InChI=1S/C28H20FN5/c1-16-22(26-17(2)24(14-31)28(32)33-27(26)23(16)13-30)12-18-6-7-25-20(10-18)8-9-34(25)15-19-4-3-5-21(29)11-19/h3-12H,15H2,1-2H3,(H2,32,33)/b22-12+. The van der Waals surface area contributed by atoms with E-state index in [0.717, 1.165) is 44.3 Å². The van der Waals surface area contributed by atoms with Gasteiger partial charge in [-0.3, -0.25) is 0 Å². The van der Waals surface area contributed by atoms with E-state index >= 15 is 0 Å². The van der Waals surface area contributed by atoms with Gasteiger partial charge < -0.3 is 10.3 Å². The van der Waals surface area contributed by atoms with E-state index in [0.29, 0.717) is 23.4 Å². The molecule has 0 saturated heterocycles. The van der Waals surface area contributed by atoms with Gasteiger partial charge in [0.2, 0.25) is 0 Å². The molecule has 0 fully saturated rings. The molecule has 0 spiro atoms. The number of rotatable bonds is 3. The van der Waals surface area contributed by atoms with Crippen LogP contribution in [0.3, 0.4) is 0 Å². The summed E-state index contributed by atoms with van der Waals surface area (Å²) in [4.78, 5) is 4.38. The Hall–Kier alpha value is -4.68. The quantitative estimate of drug-likeness (QED) is 0.429. The maximum atomic E-state index is 13.6. The Labute approximate surface area is 196 Å². The van der Waals surface area contributed by atoms with E-state index < -0.39 is 0 Å². The molecule has 6 heteroatoms. The van der Waals surface area contributed by atoms with Crippen molar-refractivity contribution in [2.75, 3.05) is 5.73 Å². The van der Waals surface area contributed by atoms with Crippen molar-refractivity contribution in [2.45, 2.75) is 20.4 Å². The molecule has 4 aromatic rings. The van der Waals surface area contributed by atoms with E-state index in [1.54, 1.807) is 12.1 Å². The van der Waals surface area contributed by atoms with Crippen molar-refractivity contribution in [3.05, 3.63) is 99.6 Å². The van der Waals surface area contributed by atoms with Crippen molar-refractivity contribution in [1.82, 2.24) is 9.55 Å². The Morgan fingerprint density at radius 3 is 2.65 bits per heavy atom. The summed E-state index contributed by atoms with van der Waals surface area (Å²) in [7, 11) is 0. The van der Waals surface area contributed by atoms with E-state index in [9.17, 15) is 14.9 Å². The first-order valence-electron chi connectivity index (χ1n) is 10.8. The monoisotopic (exact) mass is 445 g/mol. The summed E-state index contributed by atoms with van der Waals surface area (Å²) >= 11 is 0. The van der Waals surface area contributed by atoms with Crippen LogP contribution in [0.4, 0.5) is 10.2 Å². The number of anilines is 1. The third-order valence-electron chi connectivity index (χ3n) is 6.33. The number of pyridine rings is 1. The topological polar surface area (TPSA) is 91.4 Å². The van der Waals surface area contributed by atoms with Crippen molar-refractivity contribution in [2.24, 2.45) is 0 Å². The molecule has 0 aliphatic heterocycles. The van der Waals surface area contributed by atoms with Gasteiger partial charge in [-0.05, 0) is 78.1 Å². The lowest BCUT2D eigenvalue weighted by Gasteiger charge is -2.11. The molecule has 164 valence electrons. The molecule has 0 bridgehead atoms. The average molecular weight is 446 g/mol. The lowest BCUT2D eigenvalue weighted by molar-refractivity contribution is 0.624. The molecule has 2 heterocycles. The number of hydrogen-bond acceptors (Lipinski definition) is 4. The van der Waals surface area contributed by atoms with Crippen molar-refractivity contribution in [3.63, 3.8) is 0 Å². The fourth-order valence-electron chi connectivity index (χ4n) is 4.64. The molecule has 0 saturated carbocycles. The number of nitrogens with zero attached hydrogens (tertiary/aromatic N) is 4. The second-order valence-electron chi connectivity index (χ2n) is 8.39. The highest BCUT2D eigenvalue weighted by Crippen LogP contribution is 2.44. The summed E-state index contributed by atoms with van der Waals surface area (Å²) in [5.74, 6) is -0.104. The summed E-state index contributed by atoms with van der Waals surface area (Å²) in [5, 5.41) is 20.3. The smallest absolute Gasteiger partial charge is 0.142 e. The van der Waals surface area contributed by atoms with Gasteiger partial charge in [0, 0.05) is 29.2 Å². The van der Waals surface area contributed by atoms with Crippen LogP contribution in [-0.4, -0.2) is 9.55 Å². The van der Waals surface area contributed by atoms with Crippen LogP contribution in [0.5, 0.6) is 0 Å². The molecule has 2 N–H and O–H groups in total. The van der Waals surface area contributed by atoms with Gasteiger partial charge in [0.05, 0.1) is 16.8 Å². The van der Waals surface area contributed by atoms with Crippen molar-refractivity contribution < 1.29 is 4.39 Å². The first kappa shape index (κ1) is 21.2. The first-order chi connectivity index (χ1) is 16.4. The fraction of sp³-hybridized carbons (Fsp3) is 0.107. The number of benzene rings is 2. The largest absolute Gasteiger partial charge is 0.383 e. The predicted molar refractivity (Wildman–Crippen MR) is 132 cm³/mol. The van der Waals surface area contributed by atoms with Crippen molar-refractivity contribution in [1.29, 1.82) is 10.5 Å². The second-order valence-corrected chi connectivity index (χ2v) is 8.39. The Kier molecular flexibility index (Phi) is 5.00. The third-order valence-corrected chi connectivity index (χ3v) is 6.33. The van der Waals surface area contributed by atoms with E-state index in [-0.39, 0.29) is 11.6 Å². The van der Waals surface area contributed by atoms with E-state index in [4.69, 9.17) is 5.73 Å². The minimum absolute atomic E-state index is 0.140. The SMILES string of the molecule is CC1=C(C#N)c2nc(N)c(C#N)c(C)c2/C1=C/c1ccc2c(ccn2Cc2cccc(F)c2)c1. The summed E-state index contributed by atoms with van der Waals surface area (Å²) in [5.41, 5.74) is 13.4. The molecule has 0 unspecified atom stereocenters. The summed E-state index contributed by atoms with van der Waals surface area (Å²) in [6, 6.07) is 19.1. The Bertz CT molecular complexity index is 1640. The number of nitrogens with two attached hydrogens (primary N) is 1. The van der Waals surface area contributed by atoms with Crippen LogP contribution in [0.15, 0.2) is 60.3 Å². The Balaban J connectivity index is 1.59. The molecule has 2 aromatic heterocycles. The molecule has 5 nitrogen and oxygen atoms in total. The molecular formula is C28H20FN5. The molecule has 0 radical (unpaired) electrons. The number of halogens is 1. The van der Waals surface area contributed by atoms with Crippen LogP contribution in [0, 0.1) is 35.4 Å². The third kappa shape index (κ3) is 3.34. The van der Waals surface area contributed by atoms with Gasteiger partial charge in [-0.25, -0.2) is 9.37 Å². The average Bonchev–Trinajstić information content (AvgIpc) is 3.32. The zero-order valence-electron chi connectivity index (χ0n) is 18.7. The van der Waals surface area contributed by atoms with Crippen LogP contribution in [-0.2, 0) is 6.54 Å². The molecule has 34 heavy (non-hydrogen) atoms. The number of nitriles is 2. The summed E-state index contributed by atoms with van der Waals surface area (Å²) < 4.78 is 15.7. The first-order valence-corrected chi connectivity index (χ1v) is 10.8. The van der Waals surface area contributed by atoms with Crippen LogP contribution in [0.25, 0.3) is 28.1 Å². The van der Waals surface area contributed by atoms with Gasteiger partial charge in [0.15, 0.2) is 0 Å². The minimum atomic E-state index is -0.244. The lowest BCUT2D eigenvalue weighted by atomic mass is 9.95. The van der Waals surface area contributed by atoms with Gasteiger partial charge in [0.25, 0.3) is 0 Å². The highest BCUT2D eigenvalue weighted by atomic mass is 19.1. The van der Waals surface area contributed by atoms with Crippen LogP contribution < -0.4 is 5.73 Å². The zero-order valence-corrected chi connectivity index (χ0v) is 18.7.